The standard InChI is InChI=1S/C16H23N5O3S/c1-11-8-6-7-9-13(11)17-15(22)12(2)21-10-14(18-20-21)16(3,4)19-25(5,23)24/h6-10,12,19H,1-5H3,(H,17,22). The number of hydrogen-bond donors (Lipinski definition) is 2. The molecule has 25 heavy (non-hydrogen) atoms. The van der Waals surface area contributed by atoms with Gasteiger partial charge in [0, 0.05) is 5.69 Å². The topological polar surface area (TPSA) is 106 Å². The molecule has 1 atom stereocenters. The first-order valence-electron chi connectivity index (χ1n) is 7.77. The Bertz CT molecular complexity index is 873. The molecule has 0 aliphatic heterocycles. The lowest BCUT2D eigenvalue weighted by Crippen LogP contribution is -2.40. The summed E-state index contributed by atoms with van der Waals surface area (Å²) >= 11 is 0. The molecule has 0 saturated carbocycles. The number of hydrogen-bond acceptors (Lipinski definition) is 5. The van der Waals surface area contributed by atoms with Crippen LogP contribution in [0.15, 0.2) is 30.5 Å². The summed E-state index contributed by atoms with van der Waals surface area (Å²) in [5.74, 6) is -0.236. The summed E-state index contributed by atoms with van der Waals surface area (Å²) < 4.78 is 26.9. The van der Waals surface area contributed by atoms with Gasteiger partial charge in [-0.15, -0.1) is 5.10 Å². The summed E-state index contributed by atoms with van der Waals surface area (Å²) in [5, 5.41) is 10.8. The molecule has 8 nitrogen and oxygen atoms in total. The fraction of sp³-hybridized carbons (Fsp3) is 0.438. The number of anilines is 1. The van der Waals surface area contributed by atoms with Crippen molar-refractivity contribution >= 4 is 21.6 Å². The number of carbonyl (C=O) groups is 1. The van der Waals surface area contributed by atoms with Gasteiger partial charge in [0.15, 0.2) is 0 Å². The van der Waals surface area contributed by atoms with Crippen molar-refractivity contribution in [1.82, 2.24) is 19.7 Å². The second-order valence-electron chi connectivity index (χ2n) is 6.56. The third-order valence-electron chi connectivity index (χ3n) is 3.77. The number of benzene rings is 1. The van der Waals surface area contributed by atoms with E-state index in [-0.39, 0.29) is 5.91 Å². The maximum absolute atomic E-state index is 12.4. The average Bonchev–Trinajstić information content (AvgIpc) is 2.97. The van der Waals surface area contributed by atoms with Gasteiger partial charge in [0.25, 0.3) is 0 Å². The predicted octanol–water partition coefficient (Wildman–Crippen LogP) is 1.57. The van der Waals surface area contributed by atoms with Crippen molar-refractivity contribution in [2.24, 2.45) is 0 Å². The van der Waals surface area contributed by atoms with E-state index in [1.807, 2.05) is 31.2 Å². The summed E-state index contributed by atoms with van der Waals surface area (Å²) in [5.41, 5.74) is 1.19. The molecule has 0 aliphatic rings. The largest absolute Gasteiger partial charge is 0.324 e. The van der Waals surface area contributed by atoms with Crippen LogP contribution in [0, 0.1) is 6.92 Å². The molecule has 9 heteroatoms. The maximum atomic E-state index is 12.4. The highest BCUT2D eigenvalue weighted by molar-refractivity contribution is 7.88. The molecule has 2 N–H and O–H groups in total. The summed E-state index contributed by atoms with van der Waals surface area (Å²) in [6.07, 6.45) is 2.65. The predicted molar refractivity (Wildman–Crippen MR) is 95.5 cm³/mol. The van der Waals surface area contributed by atoms with Gasteiger partial charge < -0.3 is 5.32 Å². The van der Waals surface area contributed by atoms with Crippen LogP contribution in [0.2, 0.25) is 0 Å². The lowest BCUT2D eigenvalue weighted by atomic mass is 10.0. The van der Waals surface area contributed by atoms with E-state index in [9.17, 15) is 13.2 Å². The van der Waals surface area contributed by atoms with Gasteiger partial charge in [-0.2, -0.15) is 0 Å². The summed E-state index contributed by atoms with van der Waals surface area (Å²) in [6.45, 7) is 6.97. The number of aryl methyl sites for hydroxylation is 1. The molecule has 0 radical (unpaired) electrons. The minimum atomic E-state index is -3.41. The molecule has 2 rings (SSSR count). The molecule has 0 aliphatic carbocycles. The quantitative estimate of drug-likeness (QED) is 0.808. The molecule has 1 aromatic carbocycles. The van der Waals surface area contributed by atoms with Crippen molar-refractivity contribution in [2.45, 2.75) is 39.3 Å². The van der Waals surface area contributed by atoms with Crippen LogP contribution in [0.1, 0.15) is 38.1 Å². The Hall–Kier alpha value is -2.26. The lowest BCUT2D eigenvalue weighted by molar-refractivity contribution is -0.119. The van der Waals surface area contributed by atoms with E-state index in [4.69, 9.17) is 0 Å². The second-order valence-corrected chi connectivity index (χ2v) is 8.31. The number of sulfonamides is 1. The molecule has 0 spiro atoms. The van der Waals surface area contributed by atoms with Crippen LogP contribution in [0.5, 0.6) is 0 Å². The van der Waals surface area contributed by atoms with Gasteiger partial charge in [-0.25, -0.2) is 17.8 Å². The number of nitrogens with zero attached hydrogens (tertiary/aromatic N) is 3. The SMILES string of the molecule is Cc1ccccc1NC(=O)C(C)n1cc(C(C)(C)NS(C)(=O)=O)nn1. The van der Waals surface area contributed by atoms with Gasteiger partial charge in [0.1, 0.15) is 11.7 Å². The fourth-order valence-electron chi connectivity index (χ4n) is 2.34. The van der Waals surface area contributed by atoms with Crippen LogP contribution in [0.3, 0.4) is 0 Å². The van der Waals surface area contributed by atoms with Gasteiger partial charge in [-0.1, -0.05) is 23.4 Å². The maximum Gasteiger partial charge on any atom is 0.249 e. The zero-order valence-corrected chi connectivity index (χ0v) is 15.8. The number of aromatic nitrogens is 3. The summed E-state index contributed by atoms with van der Waals surface area (Å²) in [4.78, 5) is 12.4. The second kappa shape index (κ2) is 6.93. The van der Waals surface area contributed by atoms with E-state index in [1.165, 1.54) is 4.68 Å². The van der Waals surface area contributed by atoms with Crippen molar-refractivity contribution in [3.05, 3.63) is 41.7 Å². The van der Waals surface area contributed by atoms with E-state index >= 15 is 0 Å². The molecule has 0 fully saturated rings. The number of rotatable bonds is 6. The zero-order valence-electron chi connectivity index (χ0n) is 14.9. The average molecular weight is 365 g/mol. The molecule has 0 saturated heterocycles. The van der Waals surface area contributed by atoms with Gasteiger partial charge in [0.2, 0.25) is 15.9 Å². The van der Waals surface area contributed by atoms with Gasteiger partial charge in [-0.3, -0.25) is 4.79 Å². The van der Waals surface area contributed by atoms with Crippen LogP contribution < -0.4 is 10.0 Å². The van der Waals surface area contributed by atoms with Crippen LogP contribution in [-0.2, 0) is 20.4 Å². The number of nitrogens with one attached hydrogen (secondary N) is 2. The third kappa shape index (κ3) is 4.86. The van der Waals surface area contributed by atoms with E-state index in [0.717, 1.165) is 17.5 Å². The highest BCUT2D eigenvalue weighted by Gasteiger charge is 2.29. The molecular weight excluding hydrogens is 342 g/mol. The number of carbonyl (C=O) groups excluding carboxylic acids is 1. The Labute approximate surface area is 147 Å². The summed E-state index contributed by atoms with van der Waals surface area (Å²) in [7, 11) is -3.41. The van der Waals surface area contributed by atoms with Crippen LogP contribution in [-0.4, -0.2) is 35.6 Å². The third-order valence-corrected chi connectivity index (χ3v) is 4.65. The van der Waals surface area contributed by atoms with Crippen molar-refractivity contribution in [1.29, 1.82) is 0 Å². The smallest absolute Gasteiger partial charge is 0.249 e. The first-order valence-corrected chi connectivity index (χ1v) is 9.66. The molecule has 0 bridgehead atoms. The summed E-state index contributed by atoms with van der Waals surface area (Å²) in [6, 6.07) is 6.88. The van der Waals surface area contributed by atoms with Crippen molar-refractivity contribution in [3.8, 4) is 0 Å². The Kier molecular flexibility index (Phi) is 5.28. The Morgan fingerprint density at radius 3 is 2.52 bits per heavy atom. The molecule has 136 valence electrons. The molecule has 2 aromatic rings. The van der Waals surface area contributed by atoms with Crippen molar-refractivity contribution < 1.29 is 13.2 Å². The van der Waals surface area contributed by atoms with Crippen molar-refractivity contribution in [2.75, 3.05) is 11.6 Å². The molecule has 1 amide bonds. The molecule has 1 heterocycles. The van der Waals surface area contributed by atoms with Gasteiger partial charge >= 0.3 is 0 Å². The van der Waals surface area contributed by atoms with Gasteiger partial charge in [0.05, 0.1) is 18.0 Å². The number of para-hydroxylation sites is 1. The normalized spacial score (nSPS) is 13.5. The Morgan fingerprint density at radius 2 is 1.92 bits per heavy atom. The van der Waals surface area contributed by atoms with E-state index in [0.29, 0.717) is 5.69 Å². The first kappa shape index (κ1) is 19.1. The highest BCUT2D eigenvalue weighted by atomic mass is 32.2. The Balaban J connectivity index is 2.16. The van der Waals surface area contributed by atoms with Crippen LogP contribution >= 0.6 is 0 Å². The lowest BCUT2D eigenvalue weighted by Gasteiger charge is -2.22. The van der Waals surface area contributed by atoms with E-state index in [1.54, 1.807) is 27.0 Å². The number of amides is 1. The van der Waals surface area contributed by atoms with Crippen LogP contribution in [0.25, 0.3) is 0 Å². The molecule has 1 unspecified atom stereocenters. The van der Waals surface area contributed by atoms with Gasteiger partial charge in [-0.05, 0) is 39.3 Å². The minimum Gasteiger partial charge on any atom is -0.324 e. The first-order chi connectivity index (χ1) is 11.5. The van der Waals surface area contributed by atoms with E-state index < -0.39 is 21.6 Å². The molecule has 1 aromatic heterocycles. The fourth-order valence-corrected chi connectivity index (χ4v) is 3.37. The highest BCUT2D eigenvalue weighted by Crippen LogP contribution is 2.20. The minimum absolute atomic E-state index is 0.236. The zero-order chi connectivity index (χ0) is 18.8. The van der Waals surface area contributed by atoms with Crippen LogP contribution in [0.4, 0.5) is 5.69 Å². The van der Waals surface area contributed by atoms with E-state index in [2.05, 4.69) is 20.4 Å². The molecular formula is C16H23N5O3S. The Morgan fingerprint density at radius 1 is 1.28 bits per heavy atom. The van der Waals surface area contributed by atoms with Crippen molar-refractivity contribution in [3.63, 3.8) is 0 Å². The monoisotopic (exact) mass is 365 g/mol.